The van der Waals surface area contributed by atoms with Gasteiger partial charge in [-0.1, -0.05) is 0 Å². The summed E-state index contributed by atoms with van der Waals surface area (Å²) in [5.41, 5.74) is 5.76. The molecule has 0 atom stereocenters. The number of halogens is 1. The van der Waals surface area contributed by atoms with E-state index in [2.05, 4.69) is 5.32 Å². The van der Waals surface area contributed by atoms with Crippen LogP contribution in [-0.4, -0.2) is 18.1 Å². The van der Waals surface area contributed by atoms with Crippen molar-refractivity contribution in [3.63, 3.8) is 0 Å². The molecular weight excluding hydrogens is 247 g/mol. The van der Waals surface area contributed by atoms with Gasteiger partial charge in [-0.2, -0.15) is 0 Å². The highest BCUT2D eigenvalue weighted by Gasteiger charge is 2.09. The topological polar surface area (TPSA) is 64.3 Å². The van der Waals surface area contributed by atoms with Crippen LogP contribution in [0.4, 0.5) is 4.39 Å². The van der Waals surface area contributed by atoms with Crippen molar-refractivity contribution in [2.75, 3.05) is 6.61 Å². The SMILES string of the molecule is CC(C)(C)NCc1cc(F)cc(OCCC(N)=O)c1. The number of hydrogen-bond acceptors (Lipinski definition) is 3. The molecule has 4 nitrogen and oxygen atoms in total. The molecule has 0 aliphatic rings. The van der Waals surface area contributed by atoms with Gasteiger partial charge in [-0.15, -0.1) is 0 Å². The first-order chi connectivity index (χ1) is 8.76. The van der Waals surface area contributed by atoms with Crippen LogP contribution in [0.25, 0.3) is 0 Å². The quantitative estimate of drug-likeness (QED) is 0.829. The second-order valence-electron chi connectivity index (χ2n) is 5.46. The van der Waals surface area contributed by atoms with E-state index >= 15 is 0 Å². The molecule has 0 bridgehead atoms. The Kier molecular flexibility index (Phi) is 5.30. The molecule has 0 aliphatic carbocycles. The van der Waals surface area contributed by atoms with Gasteiger partial charge in [-0.3, -0.25) is 4.79 Å². The molecule has 0 fully saturated rings. The maximum Gasteiger partial charge on any atom is 0.220 e. The molecule has 0 radical (unpaired) electrons. The maximum absolute atomic E-state index is 13.4. The van der Waals surface area contributed by atoms with Crippen LogP contribution >= 0.6 is 0 Å². The van der Waals surface area contributed by atoms with Crippen LogP contribution in [0.1, 0.15) is 32.8 Å². The third kappa shape index (κ3) is 6.76. The Morgan fingerprint density at radius 3 is 2.63 bits per heavy atom. The van der Waals surface area contributed by atoms with Gasteiger partial charge in [0.05, 0.1) is 13.0 Å². The number of nitrogens with two attached hydrogens (primary N) is 1. The van der Waals surface area contributed by atoms with Gasteiger partial charge < -0.3 is 15.8 Å². The van der Waals surface area contributed by atoms with Crippen molar-refractivity contribution < 1.29 is 13.9 Å². The van der Waals surface area contributed by atoms with E-state index < -0.39 is 5.91 Å². The molecule has 1 amide bonds. The summed E-state index contributed by atoms with van der Waals surface area (Å²) in [5, 5.41) is 3.27. The number of carbonyl (C=O) groups is 1. The molecule has 106 valence electrons. The lowest BCUT2D eigenvalue weighted by Crippen LogP contribution is -2.35. The highest BCUT2D eigenvalue weighted by molar-refractivity contribution is 5.73. The smallest absolute Gasteiger partial charge is 0.220 e. The summed E-state index contributed by atoms with van der Waals surface area (Å²) in [5.74, 6) is -0.389. The lowest BCUT2D eigenvalue weighted by Gasteiger charge is -2.20. The van der Waals surface area contributed by atoms with Crippen LogP contribution in [0.2, 0.25) is 0 Å². The Balaban J connectivity index is 2.63. The molecule has 19 heavy (non-hydrogen) atoms. The van der Waals surface area contributed by atoms with Gasteiger partial charge in [0, 0.05) is 18.2 Å². The Labute approximate surface area is 113 Å². The second kappa shape index (κ2) is 6.52. The fraction of sp³-hybridized carbons (Fsp3) is 0.500. The second-order valence-corrected chi connectivity index (χ2v) is 5.46. The minimum absolute atomic E-state index is 0.0424. The van der Waals surface area contributed by atoms with Gasteiger partial charge in [0.1, 0.15) is 11.6 Å². The van der Waals surface area contributed by atoms with Gasteiger partial charge >= 0.3 is 0 Å². The minimum atomic E-state index is -0.439. The standard InChI is InChI=1S/C14H21FN2O2/c1-14(2,3)17-9-10-6-11(15)8-12(7-10)19-5-4-13(16)18/h6-8,17H,4-5,9H2,1-3H3,(H2,16,18). The van der Waals surface area contributed by atoms with Gasteiger partial charge in [0.2, 0.25) is 5.91 Å². The minimum Gasteiger partial charge on any atom is -0.493 e. The third-order valence-corrected chi connectivity index (χ3v) is 2.37. The van der Waals surface area contributed by atoms with E-state index in [9.17, 15) is 9.18 Å². The van der Waals surface area contributed by atoms with Crippen LogP contribution < -0.4 is 15.8 Å². The van der Waals surface area contributed by atoms with Crippen molar-refractivity contribution in [3.8, 4) is 5.75 Å². The van der Waals surface area contributed by atoms with E-state index in [4.69, 9.17) is 10.5 Å². The van der Waals surface area contributed by atoms with Crippen LogP contribution in [0.3, 0.4) is 0 Å². The van der Waals surface area contributed by atoms with Crippen LogP contribution in [-0.2, 0) is 11.3 Å². The summed E-state index contributed by atoms with van der Waals surface area (Å²) >= 11 is 0. The first kappa shape index (κ1) is 15.4. The summed E-state index contributed by atoms with van der Waals surface area (Å²) in [6.07, 6.45) is 0.117. The van der Waals surface area contributed by atoms with E-state index in [-0.39, 0.29) is 24.4 Å². The predicted octanol–water partition coefficient (Wildman–Crippen LogP) is 1.97. The number of benzene rings is 1. The average molecular weight is 268 g/mol. The Bertz CT molecular complexity index is 442. The number of nitrogens with one attached hydrogen (secondary N) is 1. The number of rotatable bonds is 6. The summed E-state index contributed by atoms with van der Waals surface area (Å²) in [6, 6.07) is 4.50. The third-order valence-electron chi connectivity index (χ3n) is 2.37. The average Bonchev–Trinajstić information content (AvgIpc) is 2.24. The molecule has 1 rings (SSSR count). The lowest BCUT2D eigenvalue weighted by molar-refractivity contribution is -0.118. The fourth-order valence-corrected chi connectivity index (χ4v) is 1.44. The number of hydrogen-bond donors (Lipinski definition) is 2. The van der Waals surface area contributed by atoms with Crippen LogP contribution in [0.15, 0.2) is 18.2 Å². The van der Waals surface area contributed by atoms with Gasteiger partial charge in [-0.05, 0) is 38.5 Å². The van der Waals surface area contributed by atoms with E-state index in [0.29, 0.717) is 12.3 Å². The number of carbonyl (C=O) groups excluding carboxylic acids is 1. The van der Waals surface area contributed by atoms with Crippen molar-refractivity contribution in [1.29, 1.82) is 0 Å². The first-order valence-electron chi connectivity index (χ1n) is 6.22. The molecule has 3 N–H and O–H groups in total. The number of primary amides is 1. The van der Waals surface area contributed by atoms with Gasteiger partial charge in [0.25, 0.3) is 0 Å². The van der Waals surface area contributed by atoms with Crippen molar-refractivity contribution in [3.05, 3.63) is 29.6 Å². The molecule has 0 spiro atoms. The Hall–Kier alpha value is -1.62. The largest absolute Gasteiger partial charge is 0.493 e. The summed E-state index contributed by atoms with van der Waals surface area (Å²) in [7, 11) is 0. The molecule has 0 saturated carbocycles. The van der Waals surface area contributed by atoms with Crippen molar-refractivity contribution in [2.24, 2.45) is 5.73 Å². The molecule has 0 aliphatic heterocycles. The van der Waals surface area contributed by atoms with Crippen LogP contribution in [0.5, 0.6) is 5.75 Å². The van der Waals surface area contributed by atoms with E-state index in [1.165, 1.54) is 12.1 Å². The zero-order valence-electron chi connectivity index (χ0n) is 11.6. The highest BCUT2D eigenvalue weighted by Crippen LogP contribution is 2.17. The molecule has 0 heterocycles. The Morgan fingerprint density at radius 2 is 2.05 bits per heavy atom. The van der Waals surface area contributed by atoms with Crippen LogP contribution in [0, 0.1) is 5.82 Å². The van der Waals surface area contributed by atoms with E-state index in [1.54, 1.807) is 6.07 Å². The number of amides is 1. The highest BCUT2D eigenvalue weighted by atomic mass is 19.1. The number of ether oxygens (including phenoxy) is 1. The summed E-state index contributed by atoms with van der Waals surface area (Å²) < 4.78 is 18.7. The summed E-state index contributed by atoms with van der Waals surface area (Å²) in [6.45, 7) is 6.82. The van der Waals surface area contributed by atoms with Crippen molar-refractivity contribution in [1.82, 2.24) is 5.32 Å². The monoisotopic (exact) mass is 268 g/mol. The normalized spacial score (nSPS) is 11.4. The molecule has 0 saturated heterocycles. The first-order valence-corrected chi connectivity index (χ1v) is 6.22. The maximum atomic E-state index is 13.4. The van der Waals surface area contributed by atoms with Crippen molar-refractivity contribution in [2.45, 2.75) is 39.3 Å². The van der Waals surface area contributed by atoms with Gasteiger partial charge in [0.15, 0.2) is 0 Å². The molecule has 0 unspecified atom stereocenters. The van der Waals surface area contributed by atoms with Gasteiger partial charge in [-0.25, -0.2) is 4.39 Å². The van der Waals surface area contributed by atoms with E-state index in [1.807, 2.05) is 20.8 Å². The Morgan fingerprint density at radius 1 is 1.37 bits per heavy atom. The fourth-order valence-electron chi connectivity index (χ4n) is 1.44. The summed E-state index contributed by atoms with van der Waals surface area (Å²) in [4.78, 5) is 10.6. The predicted molar refractivity (Wildman–Crippen MR) is 72.3 cm³/mol. The zero-order valence-corrected chi connectivity index (χ0v) is 11.6. The molecule has 1 aromatic carbocycles. The molecule has 1 aromatic rings. The van der Waals surface area contributed by atoms with Crippen molar-refractivity contribution >= 4 is 5.91 Å². The molecular formula is C14H21FN2O2. The van der Waals surface area contributed by atoms with E-state index in [0.717, 1.165) is 5.56 Å². The lowest BCUT2D eigenvalue weighted by atomic mass is 10.1. The molecule has 5 heteroatoms. The zero-order chi connectivity index (χ0) is 14.5. The molecule has 0 aromatic heterocycles.